The van der Waals surface area contributed by atoms with Crippen LogP contribution in [0.5, 0.6) is 0 Å². The Morgan fingerprint density at radius 2 is 1.90 bits per heavy atom. The predicted molar refractivity (Wildman–Crippen MR) is 79.0 cm³/mol. The van der Waals surface area contributed by atoms with Gasteiger partial charge in [0, 0.05) is 26.7 Å². The van der Waals surface area contributed by atoms with Crippen LogP contribution < -0.4 is 10.6 Å². The van der Waals surface area contributed by atoms with Crippen LogP contribution in [0.2, 0.25) is 0 Å². The molecule has 0 aromatic carbocycles. The van der Waals surface area contributed by atoms with Crippen LogP contribution in [0, 0.1) is 0 Å². The quantitative estimate of drug-likeness (QED) is 0.627. The number of nitrogens with zero attached hydrogens (tertiary/aromatic N) is 1. The second-order valence-corrected chi connectivity index (χ2v) is 7.51. The molecule has 7 nitrogen and oxygen atoms in total. The Bertz CT molecular complexity index is 439. The smallest absolute Gasteiger partial charge is 0.230 e. The molecule has 0 spiro atoms. The summed E-state index contributed by atoms with van der Waals surface area (Å²) in [6, 6.07) is 0. The van der Waals surface area contributed by atoms with Gasteiger partial charge in [0.25, 0.3) is 0 Å². The third kappa shape index (κ3) is 6.10. The van der Waals surface area contributed by atoms with E-state index >= 15 is 0 Å². The van der Waals surface area contributed by atoms with Gasteiger partial charge in [0.15, 0.2) is 0 Å². The molecular weight excluding hydrogens is 302 g/mol. The van der Waals surface area contributed by atoms with Crippen LogP contribution in [0.15, 0.2) is 0 Å². The number of sulfonamides is 1. The van der Waals surface area contributed by atoms with Gasteiger partial charge in [-0.15, -0.1) is 11.8 Å². The number of thioether (sulfide) groups is 1. The van der Waals surface area contributed by atoms with E-state index in [4.69, 9.17) is 0 Å². The fourth-order valence-electron chi connectivity index (χ4n) is 1.77. The Labute approximate surface area is 123 Å². The fraction of sp³-hybridized carbons (Fsp3) is 0.818. The summed E-state index contributed by atoms with van der Waals surface area (Å²) < 4.78 is 24.8. The van der Waals surface area contributed by atoms with Crippen molar-refractivity contribution in [2.24, 2.45) is 0 Å². The molecular formula is C11H21N3O4S2. The van der Waals surface area contributed by atoms with Crippen LogP contribution in [0.3, 0.4) is 0 Å². The molecule has 1 heterocycles. The molecule has 20 heavy (non-hydrogen) atoms. The molecule has 2 N–H and O–H groups in total. The van der Waals surface area contributed by atoms with Crippen LogP contribution in [-0.2, 0) is 19.6 Å². The Kier molecular flexibility index (Phi) is 7.31. The maximum Gasteiger partial charge on any atom is 0.230 e. The highest BCUT2D eigenvalue weighted by molar-refractivity contribution is 8.00. The summed E-state index contributed by atoms with van der Waals surface area (Å²) in [4.78, 5) is 22.4. The van der Waals surface area contributed by atoms with E-state index in [0.717, 1.165) is 6.42 Å². The number of rotatable bonds is 7. The molecule has 0 unspecified atom stereocenters. The lowest BCUT2D eigenvalue weighted by atomic mass is 10.3. The monoisotopic (exact) mass is 323 g/mol. The molecule has 0 aromatic rings. The summed E-state index contributed by atoms with van der Waals surface area (Å²) >= 11 is 1.22. The number of amides is 2. The van der Waals surface area contributed by atoms with Gasteiger partial charge in [-0.25, -0.2) is 12.7 Å². The van der Waals surface area contributed by atoms with Crippen molar-refractivity contribution in [3.8, 4) is 0 Å². The van der Waals surface area contributed by atoms with E-state index in [-0.39, 0.29) is 29.1 Å². The van der Waals surface area contributed by atoms with E-state index in [2.05, 4.69) is 10.6 Å². The van der Waals surface area contributed by atoms with Gasteiger partial charge in [-0.1, -0.05) is 0 Å². The zero-order chi connectivity index (χ0) is 15.0. The standard InChI is InChI=1S/C11H21N3O4S2/c1-12-10(15)8-19-9-11(16)13-4-6-14-5-2-3-7-20(14,17)18/h2-9H2,1H3,(H,12,15)(H,13,16). The molecule has 1 aliphatic heterocycles. The Morgan fingerprint density at radius 1 is 1.20 bits per heavy atom. The van der Waals surface area contributed by atoms with Crippen LogP contribution >= 0.6 is 11.8 Å². The first kappa shape index (κ1) is 17.3. The lowest BCUT2D eigenvalue weighted by Gasteiger charge is -2.26. The number of carbonyl (C=O) groups is 2. The number of hydrogen-bond donors (Lipinski definition) is 2. The highest BCUT2D eigenvalue weighted by atomic mass is 32.2. The fourth-order valence-corrected chi connectivity index (χ4v) is 4.09. The molecule has 0 atom stereocenters. The SMILES string of the molecule is CNC(=O)CSCC(=O)NCCN1CCCCS1(=O)=O. The number of hydrogen-bond acceptors (Lipinski definition) is 5. The summed E-state index contributed by atoms with van der Waals surface area (Å²) in [6.07, 6.45) is 1.58. The minimum atomic E-state index is -3.13. The van der Waals surface area contributed by atoms with E-state index in [0.29, 0.717) is 26.1 Å². The van der Waals surface area contributed by atoms with E-state index in [1.54, 1.807) is 7.05 Å². The molecule has 0 aliphatic carbocycles. The van der Waals surface area contributed by atoms with Crippen LogP contribution in [-0.4, -0.2) is 68.5 Å². The van der Waals surface area contributed by atoms with Crippen LogP contribution in [0.1, 0.15) is 12.8 Å². The average molecular weight is 323 g/mol. The van der Waals surface area contributed by atoms with E-state index in [1.165, 1.54) is 16.1 Å². The van der Waals surface area contributed by atoms with Crippen molar-refractivity contribution in [2.45, 2.75) is 12.8 Å². The van der Waals surface area contributed by atoms with Gasteiger partial charge < -0.3 is 10.6 Å². The van der Waals surface area contributed by atoms with Crippen molar-refractivity contribution < 1.29 is 18.0 Å². The zero-order valence-electron chi connectivity index (χ0n) is 11.6. The van der Waals surface area contributed by atoms with Crippen LogP contribution in [0.4, 0.5) is 0 Å². The van der Waals surface area contributed by atoms with Crippen LogP contribution in [0.25, 0.3) is 0 Å². The minimum absolute atomic E-state index is 0.123. The topological polar surface area (TPSA) is 95.6 Å². The summed E-state index contributed by atoms with van der Waals surface area (Å²) in [5.74, 6) is 0.323. The molecule has 0 saturated carbocycles. The molecule has 9 heteroatoms. The lowest BCUT2D eigenvalue weighted by Crippen LogP contribution is -2.42. The summed E-state index contributed by atoms with van der Waals surface area (Å²) in [5.41, 5.74) is 0. The van der Waals surface area contributed by atoms with Gasteiger partial charge in [-0.3, -0.25) is 9.59 Å². The molecule has 1 fully saturated rings. The third-order valence-electron chi connectivity index (χ3n) is 2.88. The molecule has 1 saturated heterocycles. The van der Waals surface area contributed by atoms with E-state index < -0.39 is 10.0 Å². The number of nitrogens with one attached hydrogen (secondary N) is 2. The summed E-state index contributed by atoms with van der Waals surface area (Å²) in [5, 5.41) is 5.13. The van der Waals surface area contributed by atoms with E-state index in [1.807, 2.05) is 0 Å². The lowest BCUT2D eigenvalue weighted by molar-refractivity contribution is -0.118. The predicted octanol–water partition coefficient (Wildman–Crippen LogP) is -0.993. The Hall–Kier alpha value is -0.800. The zero-order valence-corrected chi connectivity index (χ0v) is 13.2. The molecule has 0 radical (unpaired) electrons. The van der Waals surface area contributed by atoms with Crippen molar-refractivity contribution in [1.29, 1.82) is 0 Å². The minimum Gasteiger partial charge on any atom is -0.358 e. The second-order valence-electron chi connectivity index (χ2n) is 4.44. The molecule has 0 aromatic heterocycles. The van der Waals surface area contributed by atoms with Crippen molar-refractivity contribution in [3.63, 3.8) is 0 Å². The molecule has 1 rings (SSSR count). The Balaban J connectivity index is 2.17. The van der Waals surface area contributed by atoms with Gasteiger partial charge in [0.05, 0.1) is 17.3 Å². The van der Waals surface area contributed by atoms with Gasteiger partial charge in [-0.2, -0.15) is 0 Å². The molecule has 1 aliphatic rings. The van der Waals surface area contributed by atoms with E-state index in [9.17, 15) is 18.0 Å². The van der Waals surface area contributed by atoms with Gasteiger partial charge >= 0.3 is 0 Å². The van der Waals surface area contributed by atoms with Crippen molar-refractivity contribution in [3.05, 3.63) is 0 Å². The average Bonchev–Trinajstić information content (AvgIpc) is 2.40. The van der Waals surface area contributed by atoms with Crippen molar-refractivity contribution in [1.82, 2.24) is 14.9 Å². The first-order chi connectivity index (χ1) is 9.45. The summed E-state index contributed by atoms with van der Waals surface area (Å²) in [6.45, 7) is 1.15. The number of carbonyl (C=O) groups excluding carboxylic acids is 2. The van der Waals surface area contributed by atoms with Gasteiger partial charge in [-0.05, 0) is 12.8 Å². The molecule has 116 valence electrons. The largest absolute Gasteiger partial charge is 0.358 e. The van der Waals surface area contributed by atoms with Crippen molar-refractivity contribution in [2.75, 3.05) is 43.9 Å². The first-order valence-electron chi connectivity index (χ1n) is 6.48. The summed E-state index contributed by atoms with van der Waals surface area (Å²) in [7, 11) is -1.59. The normalized spacial score (nSPS) is 18.4. The van der Waals surface area contributed by atoms with Gasteiger partial charge in [0.2, 0.25) is 21.8 Å². The molecule has 0 bridgehead atoms. The maximum atomic E-state index is 11.7. The first-order valence-corrected chi connectivity index (χ1v) is 9.25. The third-order valence-corrected chi connectivity index (χ3v) is 5.77. The molecule has 2 amide bonds. The second kappa shape index (κ2) is 8.48. The van der Waals surface area contributed by atoms with Gasteiger partial charge in [0.1, 0.15) is 0 Å². The highest BCUT2D eigenvalue weighted by Crippen LogP contribution is 2.12. The van der Waals surface area contributed by atoms with Crippen molar-refractivity contribution >= 4 is 33.6 Å². The Morgan fingerprint density at radius 3 is 2.55 bits per heavy atom. The maximum absolute atomic E-state index is 11.7. The highest BCUT2D eigenvalue weighted by Gasteiger charge is 2.24.